The molecule has 0 unspecified atom stereocenters. The summed E-state index contributed by atoms with van der Waals surface area (Å²) in [6.45, 7) is 7.01. The molecular formula is C23H29N3O5S. The number of para-hydroxylation sites is 1. The number of carbonyl (C=O) groups excluding carboxylic acids is 1. The number of carboxylic acid groups (broad SMARTS) is 2. The number of anilines is 1. The summed E-state index contributed by atoms with van der Waals surface area (Å²) < 4.78 is 0. The molecule has 2 fully saturated rings. The number of aliphatic carboxylic acids is 2. The number of hydrogen-bond acceptors (Lipinski definition) is 6. The Bertz CT molecular complexity index is 938. The van der Waals surface area contributed by atoms with Crippen LogP contribution in [-0.4, -0.2) is 57.6 Å². The lowest BCUT2D eigenvalue weighted by atomic mass is 9.85. The molecule has 0 radical (unpaired) electrons. The van der Waals surface area contributed by atoms with Gasteiger partial charge in [0.15, 0.2) is 0 Å². The standard InChI is InChI=1S/C21H27N3OS.C2H2O4/c1-16-15-26-20(22-16)21(10-12-23(13-11-21)14-18-8-9-18)24(17(2)25)19-6-4-3-5-7-19;3-1(4)2(5)6/h3-7,15,18H,8-14H2,1-2H3;(H,3,4)(H,5,6). The number of aryl methyl sites for hydroxylation is 1. The molecule has 1 aromatic heterocycles. The molecule has 9 heteroatoms. The molecule has 32 heavy (non-hydrogen) atoms. The third-order valence-electron chi connectivity index (χ3n) is 5.85. The van der Waals surface area contributed by atoms with E-state index in [1.165, 1.54) is 19.4 Å². The third kappa shape index (κ3) is 5.72. The van der Waals surface area contributed by atoms with Crippen LogP contribution in [-0.2, 0) is 19.9 Å². The SMILES string of the molecule is CC(=O)N(c1ccccc1)C1(c2nc(C)cs2)CCN(CC2CC2)CC1.O=C(O)C(=O)O. The molecule has 1 aliphatic carbocycles. The van der Waals surface area contributed by atoms with Crippen molar-refractivity contribution >= 4 is 34.9 Å². The Morgan fingerprint density at radius 1 is 1.12 bits per heavy atom. The van der Waals surface area contributed by atoms with E-state index >= 15 is 0 Å². The van der Waals surface area contributed by atoms with Crippen LogP contribution in [0.3, 0.4) is 0 Å². The topological polar surface area (TPSA) is 111 Å². The maximum absolute atomic E-state index is 12.8. The number of rotatable bonds is 5. The van der Waals surface area contributed by atoms with Crippen molar-refractivity contribution in [3.8, 4) is 0 Å². The average molecular weight is 460 g/mol. The van der Waals surface area contributed by atoms with Crippen LogP contribution in [0.1, 0.15) is 43.3 Å². The van der Waals surface area contributed by atoms with Crippen molar-refractivity contribution in [2.45, 2.75) is 45.1 Å². The van der Waals surface area contributed by atoms with Crippen molar-refractivity contribution in [3.05, 3.63) is 46.4 Å². The van der Waals surface area contributed by atoms with Crippen molar-refractivity contribution in [2.75, 3.05) is 24.5 Å². The summed E-state index contributed by atoms with van der Waals surface area (Å²) in [6, 6.07) is 10.1. The van der Waals surface area contributed by atoms with E-state index in [2.05, 4.69) is 10.3 Å². The molecule has 4 rings (SSSR count). The van der Waals surface area contributed by atoms with Gasteiger partial charge in [-0.15, -0.1) is 11.3 Å². The molecule has 172 valence electrons. The zero-order valence-corrected chi connectivity index (χ0v) is 19.2. The van der Waals surface area contributed by atoms with E-state index in [0.717, 1.165) is 48.2 Å². The van der Waals surface area contributed by atoms with E-state index in [0.29, 0.717) is 0 Å². The summed E-state index contributed by atoms with van der Waals surface area (Å²) in [6.07, 6.45) is 4.66. The number of piperidine rings is 1. The molecule has 0 atom stereocenters. The number of carboxylic acids is 2. The van der Waals surface area contributed by atoms with Crippen LogP contribution in [0.4, 0.5) is 5.69 Å². The van der Waals surface area contributed by atoms with Gasteiger partial charge in [0.2, 0.25) is 5.91 Å². The van der Waals surface area contributed by atoms with Crippen molar-refractivity contribution in [1.82, 2.24) is 9.88 Å². The van der Waals surface area contributed by atoms with Crippen LogP contribution in [0, 0.1) is 12.8 Å². The smallest absolute Gasteiger partial charge is 0.414 e. The summed E-state index contributed by atoms with van der Waals surface area (Å²) in [7, 11) is 0. The Labute approximate surface area is 191 Å². The summed E-state index contributed by atoms with van der Waals surface area (Å²) in [5.41, 5.74) is 1.69. The van der Waals surface area contributed by atoms with E-state index in [-0.39, 0.29) is 11.4 Å². The predicted octanol–water partition coefficient (Wildman–Crippen LogP) is 3.36. The number of thiazole rings is 1. The van der Waals surface area contributed by atoms with Crippen LogP contribution in [0.2, 0.25) is 0 Å². The predicted molar refractivity (Wildman–Crippen MR) is 122 cm³/mol. The molecule has 0 spiro atoms. The van der Waals surface area contributed by atoms with Gasteiger partial charge in [0.1, 0.15) is 10.5 Å². The minimum absolute atomic E-state index is 0.0969. The van der Waals surface area contributed by atoms with Crippen LogP contribution in [0.15, 0.2) is 35.7 Å². The molecule has 1 saturated carbocycles. The monoisotopic (exact) mass is 459 g/mol. The van der Waals surface area contributed by atoms with Gasteiger partial charge in [-0.1, -0.05) is 18.2 Å². The van der Waals surface area contributed by atoms with Crippen LogP contribution in [0.25, 0.3) is 0 Å². The van der Waals surface area contributed by atoms with Crippen molar-refractivity contribution < 1.29 is 24.6 Å². The number of amides is 1. The van der Waals surface area contributed by atoms with E-state index < -0.39 is 11.9 Å². The van der Waals surface area contributed by atoms with Crippen LogP contribution < -0.4 is 4.90 Å². The Balaban J connectivity index is 0.000000427. The maximum atomic E-state index is 12.8. The maximum Gasteiger partial charge on any atom is 0.414 e. The van der Waals surface area contributed by atoms with Gasteiger partial charge in [0.25, 0.3) is 0 Å². The van der Waals surface area contributed by atoms with Gasteiger partial charge in [-0.25, -0.2) is 14.6 Å². The number of carbonyl (C=O) groups is 3. The fraction of sp³-hybridized carbons (Fsp3) is 0.478. The zero-order valence-electron chi connectivity index (χ0n) is 18.4. The molecular weight excluding hydrogens is 430 g/mol. The van der Waals surface area contributed by atoms with Gasteiger partial charge >= 0.3 is 11.9 Å². The molecule has 2 N–H and O–H groups in total. The lowest BCUT2D eigenvalue weighted by molar-refractivity contribution is -0.159. The van der Waals surface area contributed by atoms with Gasteiger partial charge < -0.3 is 15.1 Å². The second kappa shape index (κ2) is 10.2. The van der Waals surface area contributed by atoms with Gasteiger partial charge in [-0.2, -0.15) is 0 Å². The lowest BCUT2D eigenvalue weighted by Gasteiger charge is -2.47. The summed E-state index contributed by atoms with van der Waals surface area (Å²) >= 11 is 1.70. The first-order valence-corrected chi connectivity index (χ1v) is 11.6. The minimum atomic E-state index is -1.82. The van der Waals surface area contributed by atoms with Crippen molar-refractivity contribution in [3.63, 3.8) is 0 Å². The number of likely N-dealkylation sites (tertiary alicyclic amines) is 1. The second-order valence-corrected chi connectivity index (χ2v) is 9.23. The van der Waals surface area contributed by atoms with E-state index in [9.17, 15) is 4.79 Å². The first-order valence-electron chi connectivity index (χ1n) is 10.7. The Kier molecular flexibility index (Phi) is 7.63. The van der Waals surface area contributed by atoms with Crippen LogP contribution in [0.5, 0.6) is 0 Å². The highest BCUT2D eigenvalue weighted by molar-refractivity contribution is 7.09. The quantitative estimate of drug-likeness (QED) is 0.660. The fourth-order valence-electron chi connectivity index (χ4n) is 4.18. The van der Waals surface area contributed by atoms with Gasteiger partial charge in [0.05, 0.1) is 0 Å². The van der Waals surface area contributed by atoms with E-state index in [4.69, 9.17) is 24.8 Å². The van der Waals surface area contributed by atoms with E-state index in [1.54, 1.807) is 18.3 Å². The number of hydrogen-bond donors (Lipinski definition) is 2. The molecule has 0 bridgehead atoms. The lowest BCUT2D eigenvalue weighted by Crippen LogP contribution is -2.55. The fourth-order valence-corrected chi connectivity index (χ4v) is 5.23. The second-order valence-electron chi connectivity index (χ2n) is 8.37. The first-order chi connectivity index (χ1) is 15.2. The first kappa shape index (κ1) is 23.9. The van der Waals surface area contributed by atoms with Gasteiger partial charge in [-0.3, -0.25) is 9.69 Å². The molecule has 1 saturated heterocycles. The zero-order chi connectivity index (χ0) is 23.3. The molecule has 2 heterocycles. The highest BCUT2D eigenvalue weighted by Crippen LogP contribution is 2.43. The minimum Gasteiger partial charge on any atom is -0.473 e. The molecule has 8 nitrogen and oxygen atoms in total. The molecule has 2 aromatic rings. The highest BCUT2D eigenvalue weighted by atomic mass is 32.1. The molecule has 1 aromatic carbocycles. The average Bonchev–Trinajstić information content (AvgIpc) is 3.47. The summed E-state index contributed by atoms with van der Waals surface area (Å²) in [4.78, 5) is 40.4. The van der Waals surface area contributed by atoms with Gasteiger partial charge in [0, 0.05) is 43.3 Å². The summed E-state index contributed by atoms with van der Waals surface area (Å²) in [5, 5.41) is 18.0. The Morgan fingerprint density at radius 3 is 2.16 bits per heavy atom. The number of nitrogens with zero attached hydrogens (tertiary/aromatic N) is 3. The molecule has 1 aliphatic heterocycles. The van der Waals surface area contributed by atoms with Crippen molar-refractivity contribution in [2.24, 2.45) is 5.92 Å². The molecule has 2 aliphatic rings. The van der Waals surface area contributed by atoms with Crippen molar-refractivity contribution in [1.29, 1.82) is 0 Å². The highest BCUT2D eigenvalue weighted by Gasteiger charge is 2.46. The number of benzene rings is 1. The Hall–Kier alpha value is -2.78. The molecule has 1 amide bonds. The van der Waals surface area contributed by atoms with Crippen LogP contribution >= 0.6 is 11.3 Å². The normalized spacial score (nSPS) is 17.7. The van der Waals surface area contributed by atoms with Gasteiger partial charge in [-0.05, 0) is 50.7 Å². The third-order valence-corrected chi connectivity index (χ3v) is 7.01. The Morgan fingerprint density at radius 2 is 1.72 bits per heavy atom. The largest absolute Gasteiger partial charge is 0.473 e. The van der Waals surface area contributed by atoms with E-state index in [1.807, 2.05) is 42.2 Å². The summed E-state index contributed by atoms with van der Waals surface area (Å²) in [5.74, 6) is -2.65. The number of aromatic nitrogens is 1.